The number of carbonyl (C=O) groups excluding carboxylic acids is 1. The van der Waals surface area contributed by atoms with Crippen LogP contribution in [0.2, 0.25) is 0 Å². The number of likely N-dealkylation sites (tertiary alicyclic amines) is 1. The fourth-order valence-corrected chi connectivity index (χ4v) is 4.72. The molecular weight excluding hydrogens is 814 g/mol. The molecule has 5 rings (SSSR count). The normalized spacial score (nSPS) is 13.9. The molecule has 1 aromatic carbocycles. The number of aromatic amines is 1. The van der Waals surface area contributed by atoms with E-state index in [9.17, 15) is 54.0 Å². The number of fused-ring (bicyclic) bond motifs is 1. The third-order valence-electron chi connectivity index (χ3n) is 7.32. The summed E-state index contributed by atoms with van der Waals surface area (Å²) in [6.45, 7) is 2.22. The van der Waals surface area contributed by atoms with E-state index in [0.717, 1.165) is 48.2 Å². The third kappa shape index (κ3) is 15.2. The molecule has 0 spiro atoms. The molecule has 5 N–H and O–H groups in total. The van der Waals surface area contributed by atoms with E-state index in [-0.39, 0.29) is 23.6 Å². The van der Waals surface area contributed by atoms with Gasteiger partial charge in [-0.1, -0.05) is 0 Å². The van der Waals surface area contributed by atoms with Gasteiger partial charge < -0.3 is 35.3 Å². The van der Waals surface area contributed by atoms with Gasteiger partial charge in [0.25, 0.3) is 5.91 Å². The van der Waals surface area contributed by atoms with Gasteiger partial charge in [0.05, 0.1) is 30.4 Å². The molecule has 58 heavy (non-hydrogen) atoms. The SMILES string of the molecule is CNC(=O)c1cc(F)cc(OC2CCN(CC(CC#N)n3cc(-c4ncnc5[nH]ccc45)cn3)CC2)c1.O=C(O)C(F)(F)F.O=C(O)C(F)(F)F.O=C(O)C(F)(F)F. The monoisotopic (exact) mass is 844 g/mol. The number of nitrogens with one attached hydrogen (secondary N) is 2. The molecule has 4 heterocycles. The maximum absolute atomic E-state index is 14.0. The van der Waals surface area contributed by atoms with Gasteiger partial charge in [-0.3, -0.25) is 9.48 Å². The number of piperidine rings is 1. The summed E-state index contributed by atoms with van der Waals surface area (Å²) in [5.41, 5.74) is 2.66. The van der Waals surface area contributed by atoms with Crippen molar-refractivity contribution in [2.75, 3.05) is 26.7 Å². The zero-order valence-corrected chi connectivity index (χ0v) is 29.4. The van der Waals surface area contributed by atoms with Crippen LogP contribution in [-0.4, -0.2) is 120 Å². The molecule has 0 bridgehead atoms. The number of ether oxygens (including phenoxy) is 1. The van der Waals surface area contributed by atoms with Gasteiger partial charge in [-0.2, -0.15) is 49.9 Å². The van der Waals surface area contributed by atoms with Crippen molar-refractivity contribution in [3.63, 3.8) is 0 Å². The first kappa shape index (κ1) is 47.6. The lowest BCUT2D eigenvalue weighted by molar-refractivity contribution is -0.193. The van der Waals surface area contributed by atoms with Crippen LogP contribution < -0.4 is 10.1 Å². The number of carbonyl (C=O) groups is 4. The predicted molar refractivity (Wildman–Crippen MR) is 175 cm³/mol. The molecular formula is C32H30F10N8O8. The number of nitriles is 1. The molecule has 1 amide bonds. The van der Waals surface area contributed by atoms with Crippen molar-refractivity contribution >= 4 is 34.8 Å². The van der Waals surface area contributed by atoms with Crippen LogP contribution in [0.4, 0.5) is 43.9 Å². The minimum absolute atomic E-state index is 0.0807. The molecule has 1 saturated heterocycles. The number of carboxylic acid groups (broad SMARTS) is 3. The van der Waals surface area contributed by atoms with Gasteiger partial charge in [-0.25, -0.2) is 28.7 Å². The number of hydrogen-bond donors (Lipinski definition) is 5. The minimum Gasteiger partial charge on any atom is -0.490 e. The highest BCUT2D eigenvalue weighted by atomic mass is 19.4. The summed E-state index contributed by atoms with van der Waals surface area (Å²) in [5.74, 6) is -8.79. The van der Waals surface area contributed by atoms with Crippen molar-refractivity contribution in [1.29, 1.82) is 5.26 Å². The minimum atomic E-state index is -5.08. The van der Waals surface area contributed by atoms with Crippen LogP contribution in [0.1, 0.15) is 35.7 Å². The Labute approximate surface area is 318 Å². The first-order valence-electron chi connectivity index (χ1n) is 15.9. The molecule has 316 valence electrons. The third-order valence-corrected chi connectivity index (χ3v) is 7.32. The van der Waals surface area contributed by atoms with Crippen molar-refractivity contribution in [2.45, 2.75) is 49.9 Å². The molecule has 4 aromatic rings. The molecule has 1 aliphatic rings. The number of halogens is 10. The van der Waals surface area contributed by atoms with Gasteiger partial charge in [0.2, 0.25) is 0 Å². The summed E-state index contributed by atoms with van der Waals surface area (Å²) in [4.78, 5) is 52.6. The summed E-state index contributed by atoms with van der Waals surface area (Å²) in [6, 6.07) is 8.16. The molecule has 1 aliphatic heterocycles. The summed E-state index contributed by atoms with van der Waals surface area (Å²) in [6.07, 6.45) is -6.45. The molecule has 26 heteroatoms. The first-order valence-corrected chi connectivity index (χ1v) is 15.9. The van der Waals surface area contributed by atoms with Gasteiger partial charge in [0.1, 0.15) is 29.6 Å². The second-order valence-corrected chi connectivity index (χ2v) is 11.5. The largest absolute Gasteiger partial charge is 0.490 e. The highest BCUT2D eigenvalue weighted by Crippen LogP contribution is 2.27. The van der Waals surface area contributed by atoms with Gasteiger partial charge in [0, 0.05) is 61.7 Å². The van der Waals surface area contributed by atoms with Gasteiger partial charge in [0.15, 0.2) is 0 Å². The number of amides is 1. The Hall–Kier alpha value is -6.52. The van der Waals surface area contributed by atoms with Crippen molar-refractivity contribution in [3.8, 4) is 23.1 Å². The number of rotatable bonds is 8. The molecule has 1 atom stereocenters. The number of H-pyrrole nitrogens is 1. The van der Waals surface area contributed by atoms with Gasteiger partial charge in [-0.05, 0) is 31.0 Å². The second kappa shape index (κ2) is 20.6. The maximum Gasteiger partial charge on any atom is 0.490 e. The quantitative estimate of drug-likeness (QED) is 0.143. The van der Waals surface area contributed by atoms with E-state index in [1.807, 2.05) is 23.1 Å². The van der Waals surface area contributed by atoms with E-state index in [1.165, 1.54) is 25.5 Å². The van der Waals surface area contributed by atoms with Crippen LogP contribution in [0.3, 0.4) is 0 Å². The van der Waals surface area contributed by atoms with Crippen molar-refractivity contribution in [2.24, 2.45) is 0 Å². The number of carboxylic acids is 3. The van der Waals surface area contributed by atoms with E-state index in [0.29, 0.717) is 18.7 Å². The van der Waals surface area contributed by atoms with Gasteiger partial charge in [-0.15, -0.1) is 0 Å². The Balaban J connectivity index is 0.000000453. The molecule has 1 unspecified atom stereocenters. The van der Waals surface area contributed by atoms with E-state index in [2.05, 4.69) is 36.3 Å². The summed E-state index contributed by atoms with van der Waals surface area (Å²) in [7, 11) is 1.50. The lowest BCUT2D eigenvalue weighted by atomic mass is 10.1. The van der Waals surface area contributed by atoms with E-state index in [4.69, 9.17) is 34.4 Å². The van der Waals surface area contributed by atoms with Gasteiger partial charge >= 0.3 is 36.4 Å². The van der Waals surface area contributed by atoms with Crippen molar-refractivity contribution < 1.29 is 83.1 Å². The van der Waals surface area contributed by atoms with Crippen molar-refractivity contribution in [1.82, 2.24) is 34.9 Å². The highest BCUT2D eigenvalue weighted by Gasteiger charge is 2.39. The summed E-state index contributed by atoms with van der Waals surface area (Å²) in [5, 5.41) is 38.8. The number of hydrogen-bond acceptors (Lipinski definition) is 10. The predicted octanol–water partition coefficient (Wildman–Crippen LogP) is 5.22. The van der Waals surface area contributed by atoms with E-state index < -0.39 is 42.3 Å². The lowest BCUT2D eigenvalue weighted by Crippen LogP contribution is -2.41. The maximum atomic E-state index is 14.0. The van der Waals surface area contributed by atoms with E-state index >= 15 is 0 Å². The Bertz CT molecular complexity index is 2000. The molecule has 1 fully saturated rings. The summed E-state index contributed by atoms with van der Waals surface area (Å²) < 4.78 is 117. The standard InChI is InChI=1S/C26H27FN8O2.3C2HF3O2/c1-29-26(36)17-10-19(27)12-22(11-17)37-21-4-8-34(9-5-21)15-20(2-6-28)35-14-18(13-33-35)24-23-3-7-30-25(23)32-16-31-24;3*3-2(4,5)1(6)7/h3,7,10-14,16,20-21H,2,4-5,8-9,15H2,1H3,(H,29,36)(H,30,31,32);3*(H,6,7). The van der Waals surface area contributed by atoms with Crippen LogP contribution in [0.5, 0.6) is 5.75 Å². The Morgan fingerprint density at radius 3 is 2.00 bits per heavy atom. The topological polar surface area (TPSA) is 237 Å². The van der Waals surface area contributed by atoms with Crippen LogP contribution in [0, 0.1) is 17.1 Å². The summed E-state index contributed by atoms with van der Waals surface area (Å²) >= 11 is 0. The number of aliphatic carboxylic acids is 3. The molecule has 16 nitrogen and oxygen atoms in total. The number of alkyl halides is 9. The van der Waals surface area contributed by atoms with Crippen LogP contribution in [-0.2, 0) is 14.4 Å². The van der Waals surface area contributed by atoms with E-state index in [1.54, 1.807) is 12.3 Å². The number of nitrogens with zero attached hydrogens (tertiary/aromatic N) is 6. The smallest absolute Gasteiger partial charge is 0.490 e. The highest BCUT2D eigenvalue weighted by molar-refractivity contribution is 5.94. The second-order valence-electron chi connectivity index (χ2n) is 11.5. The molecule has 3 aromatic heterocycles. The van der Waals surface area contributed by atoms with Crippen LogP contribution >= 0.6 is 0 Å². The fraction of sp³-hybridized carbons (Fsp3) is 0.375. The Morgan fingerprint density at radius 2 is 1.50 bits per heavy atom. The molecule has 0 radical (unpaired) electrons. The Kier molecular flexibility index (Phi) is 16.9. The Morgan fingerprint density at radius 1 is 0.948 bits per heavy atom. The van der Waals surface area contributed by atoms with Crippen LogP contribution in [0.25, 0.3) is 22.3 Å². The molecule has 0 saturated carbocycles. The van der Waals surface area contributed by atoms with Crippen LogP contribution in [0.15, 0.2) is 49.2 Å². The first-order chi connectivity index (χ1) is 26.9. The zero-order chi connectivity index (χ0) is 44.0. The average Bonchev–Trinajstić information content (AvgIpc) is 3.82. The average molecular weight is 845 g/mol. The van der Waals surface area contributed by atoms with Crippen molar-refractivity contribution in [3.05, 3.63) is 60.6 Å². The fourth-order valence-electron chi connectivity index (χ4n) is 4.72. The lowest BCUT2D eigenvalue weighted by Gasteiger charge is -2.34. The number of aromatic nitrogens is 5. The number of benzene rings is 1. The zero-order valence-electron chi connectivity index (χ0n) is 29.4. The molecule has 0 aliphatic carbocycles.